The second kappa shape index (κ2) is 2.01. The van der Waals surface area contributed by atoms with E-state index in [-0.39, 0.29) is 0 Å². The smallest absolute Gasteiger partial charge is 0.122 e. The highest BCUT2D eigenvalue weighted by Crippen LogP contribution is 2.25. The van der Waals surface area contributed by atoms with Gasteiger partial charge in [-0.15, -0.1) is 0 Å². The Bertz CT molecular complexity index is 253. The number of fused-ring (bicyclic) bond motifs is 1. The van der Waals surface area contributed by atoms with Crippen molar-refractivity contribution in [2.75, 3.05) is 6.61 Å². The first-order chi connectivity index (χ1) is 4.86. The highest BCUT2D eigenvalue weighted by atomic mass is 16.5. The maximum Gasteiger partial charge on any atom is 0.122 e. The third-order valence-electron chi connectivity index (χ3n) is 1.71. The van der Waals surface area contributed by atoms with Gasteiger partial charge in [0, 0.05) is 6.42 Å². The molecule has 1 aromatic carbocycles. The summed E-state index contributed by atoms with van der Waals surface area (Å²) < 4.78 is 5.30. The Kier molecular flexibility index (Phi) is 1.16. The molecule has 50 valence electrons. The van der Waals surface area contributed by atoms with Crippen molar-refractivity contribution in [2.45, 2.75) is 6.42 Å². The van der Waals surface area contributed by atoms with Crippen LogP contribution in [0.4, 0.5) is 0 Å². The van der Waals surface area contributed by atoms with Crippen LogP contribution in [-0.4, -0.2) is 6.61 Å². The standard InChI is InChI=1S/C9H8O/c1-7-2-3-9-8(6-7)4-5-10-9/h1-3,6H,4-5H2. The van der Waals surface area contributed by atoms with E-state index >= 15 is 0 Å². The number of rotatable bonds is 0. The normalized spacial score (nSPS) is 14.5. The van der Waals surface area contributed by atoms with Crippen LogP contribution in [0.3, 0.4) is 0 Å². The minimum Gasteiger partial charge on any atom is -0.493 e. The van der Waals surface area contributed by atoms with Gasteiger partial charge < -0.3 is 4.74 Å². The number of hydrogen-bond donors (Lipinski definition) is 0. The van der Waals surface area contributed by atoms with E-state index in [1.54, 1.807) is 0 Å². The summed E-state index contributed by atoms with van der Waals surface area (Å²) in [6, 6.07) is 5.77. The van der Waals surface area contributed by atoms with Crippen molar-refractivity contribution in [2.24, 2.45) is 0 Å². The molecule has 1 nitrogen and oxygen atoms in total. The molecule has 2 rings (SSSR count). The first kappa shape index (κ1) is 5.78. The molecule has 1 aliphatic rings. The molecule has 1 heterocycles. The van der Waals surface area contributed by atoms with Gasteiger partial charge in [0.2, 0.25) is 0 Å². The van der Waals surface area contributed by atoms with E-state index in [2.05, 4.69) is 0 Å². The Hall–Kier alpha value is -0.980. The van der Waals surface area contributed by atoms with E-state index in [1.807, 2.05) is 18.2 Å². The van der Waals surface area contributed by atoms with E-state index in [0.29, 0.717) is 0 Å². The van der Waals surface area contributed by atoms with Crippen LogP contribution >= 0.6 is 0 Å². The summed E-state index contributed by atoms with van der Waals surface area (Å²) in [5, 5.41) is 0. The van der Waals surface area contributed by atoms with Crippen LogP contribution in [0.15, 0.2) is 18.2 Å². The predicted octanol–water partition coefficient (Wildman–Crippen LogP) is 1.68. The molecule has 0 N–H and O–H groups in total. The molecule has 0 aliphatic carbocycles. The van der Waals surface area contributed by atoms with E-state index in [4.69, 9.17) is 11.7 Å². The van der Waals surface area contributed by atoms with Crippen molar-refractivity contribution in [3.8, 4) is 5.75 Å². The summed E-state index contributed by atoms with van der Waals surface area (Å²) in [4.78, 5) is 0. The second-order valence-electron chi connectivity index (χ2n) is 2.47. The highest BCUT2D eigenvalue weighted by molar-refractivity contribution is 5.40. The van der Waals surface area contributed by atoms with Gasteiger partial charge in [-0.3, -0.25) is 0 Å². The number of benzene rings is 1. The summed E-state index contributed by atoms with van der Waals surface area (Å²) in [6.45, 7) is 6.38. The molecule has 0 atom stereocenters. The lowest BCUT2D eigenvalue weighted by Crippen LogP contribution is -1.85. The summed E-state index contributed by atoms with van der Waals surface area (Å²) in [5.41, 5.74) is 2.06. The summed E-state index contributed by atoms with van der Waals surface area (Å²) >= 11 is 0. The molecule has 0 amide bonds. The lowest BCUT2D eigenvalue weighted by Gasteiger charge is -1.97. The quantitative estimate of drug-likeness (QED) is 0.522. The van der Waals surface area contributed by atoms with Gasteiger partial charge in [-0.1, -0.05) is 12.1 Å². The monoisotopic (exact) mass is 132 g/mol. The van der Waals surface area contributed by atoms with Crippen molar-refractivity contribution in [3.05, 3.63) is 36.2 Å². The topological polar surface area (TPSA) is 9.23 Å². The average molecular weight is 132 g/mol. The van der Waals surface area contributed by atoms with Gasteiger partial charge in [0.25, 0.3) is 0 Å². The minimum absolute atomic E-state index is 0.804. The van der Waals surface area contributed by atoms with Crippen LogP contribution in [0, 0.1) is 6.92 Å². The Morgan fingerprint density at radius 1 is 1.40 bits per heavy atom. The van der Waals surface area contributed by atoms with Gasteiger partial charge in [0.05, 0.1) is 6.61 Å². The van der Waals surface area contributed by atoms with Crippen LogP contribution in [0.2, 0.25) is 0 Å². The lowest BCUT2D eigenvalue weighted by molar-refractivity contribution is 0.357. The minimum atomic E-state index is 0.804. The van der Waals surface area contributed by atoms with Crippen LogP contribution in [0.25, 0.3) is 0 Å². The maximum atomic E-state index is 5.58. The van der Waals surface area contributed by atoms with E-state index in [0.717, 1.165) is 24.3 Å². The molecule has 0 spiro atoms. The number of hydrogen-bond acceptors (Lipinski definition) is 1. The largest absolute Gasteiger partial charge is 0.493 e. The molecular formula is C9H8O. The molecule has 0 bridgehead atoms. The van der Waals surface area contributed by atoms with E-state index in [9.17, 15) is 0 Å². The van der Waals surface area contributed by atoms with Gasteiger partial charge in [-0.25, -0.2) is 0 Å². The maximum absolute atomic E-state index is 5.58. The number of ether oxygens (including phenoxy) is 1. The molecule has 1 heteroatoms. The average Bonchev–Trinajstić information content (AvgIpc) is 2.33. The highest BCUT2D eigenvalue weighted by Gasteiger charge is 2.10. The zero-order chi connectivity index (χ0) is 6.97. The Morgan fingerprint density at radius 2 is 2.30 bits per heavy atom. The summed E-state index contributed by atoms with van der Waals surface area (Å²) in [6.07, 6.45) is 1.00. The Labute approximate surface area is 60.6 Å². The molecule has 1 aliphatic heterocycles. The Morgan fingerprint density at radius 3 is 3.20 bits per heavy atom. The molecule has 0 saturated carbocycles. The third-order valence-corrected chi connectivity index (χ3v) is 1.71. The second-order valence-corrected chi connectivity index (χ2v) is 2.47. The summed E-state index contributed by atoms with van der Waals surface area (Å²) in [5.74, 6) is 0.995. The molecule has 10 heavy (non-hydrogen) atoms. The van der Waals surface area contributed by atoms with Gasteiger partial charge in [-0.05, 0) is 24.1 Å². The summed E-state index contributed by atoms with van der Waals surface area (Å²) in [7, 11) is 0. The van der Waals surface area contributed by atoms with Crippen molar-refractivity contribution >= 4 is 0 Å². The predicted molar refractivity (Wildman–Crippen MR) is 39.0 cm³/mol. The van der Waals surface area contributed by atoms with Crippen molar-refractivity contribution in [1.29, 1.82) is 0 Å². The third kappa shape index (κ3) is 0.783. The van der Waals surface area contributed by atoms with Crippen molar-refractivity contribution < 1.29 is 4.74 Å². The fourth-order valence-corrected chi connectivity index (χ4v) is 1.21. The van der Waals surface area contributed by atoms with Gasteiger partial charge in [-0.2, -0.15) is 0 Å². The van der Waals surface area contributed by atoms with Crippen LogP contribution in [0.1, 0.15) is 11.1 Å². The molecule has 0 unspecified atom stereocenters. The first-order valence-corrected chi connectivity index (χ1v) is 3.37. The van der Waals surface area contributed by atoms with Gasteiger partial charge in [0.15, 0.2) is 0 Å². The molecule has 2 radical (unpaired) electrons. The fraction of sp³-hybridized carbons (Fsp3) is 0.222. The fourth-order valence-electron chi connectivity index (χ4n) is 1.21. The van der Waals surface area contributed by atoms with Crippen LogP contribution < -0.4 is 4.74 Å². The molecule has 0 saturated heterocycles. The molecular weight excluding hydrogens is 124 g/mol. The Balaban J connectivity index is 2.52. The van der Waals surface area contributed by atoms with Crippen molar-refractivity contribution in [1.82, 2.24) is 0 Å². The van der Waals surface area contributed by atoms with Crippen LogP contribution in [0.5, 0.6) is 5.75 Å². The van der Waals surface area contributed by atoms with Crippen molar-refractivity contribution in [3.63, 3.8) is 0 Å². The van der Waals surface area contributed by atoms with E-state index in [1.165, 1.54) is 5.56 Å². The zero-order valence-electron chi connectivity index (χ0n) is 5.63. The first-order valence-electron chi connectivity index (χ1n) is 3.37. The SMILES string of the molecule is [CH]c1ccc2c(c1)CCO2. The molecule has 0 aromatic heterocycles. The van der Waals surface area contributed by atoms with Gasteiger partial charge in [0.1, 0.15) is 5.75 Å². The molecule has 0 fully saturated rings. The zero-order valence-corrected chi connectivity index (χ0v) is 5.63. The molecule has 1 aromatic rings. The van der Waals surface area contributed by atoms with Gasteiger partial charge >= 0.3 is 0 Å². The van der Waals surface area contributed by atoms with Crippen LogP contribution in [-0.2, 0) is 6.42 Å². The lowest BCUT2D eigenvalue weighted by atomic mass is 10.1. The van der Waals surface area contributed by atoms with E-state index < -0.39 is 0 Å².